The van der Waals surface area contributed by atoms with E-state index in [9.17, 15) is 13.2 Å². The van der Waals surface area contributed by atoms with Gasteiger partial charge in [-0.25, -0.2) is 13.2 Å². The van der Waals surface area contributed by atoms with Crippen molar-refractivity contribution in [1.82, 2.24) is 0 Å². The van der Waals surface area contributed by atoms with Crippen molar-refractivity contribution in [3.05, 3.63) is 53.3 Å². The maximum atomic E-state index is 13.8. The van der Waals surface area contributed by atoms with E-state index in [1.807, 2.05) is 0 Å². The molecule has 0 saturated carbocycles. The van der Waals surface area contributed by atoms with Gasteiger partial charge in [0.2, 0.25) is 0 Å². The summed E-state index contributed by atoms with van der Waals surface area (Å²) in [5, 5.41) is 0. The van der Waals surface area contributed by atoms with Crippen LogP contribution in [0.1, 0.15) is 5.56 Å². The third kappa shape index (κ3) is 3.01. The fourth-order valence-electron chi connectivity index (χ4n) is 1.56. The molecule has 0 bridgehead atoms. The molecule has 0 aliphatic carbocycles. The molecule has 0 heterocycles. The molecule has 2 nitrogen and oxygen atoms in total. The van der Waals surface area contributed by atoms with E-state index in [2.05, 4.69) is 4.72 Å². The SMILES string of the molecule is COc1cc(SNc2ccc(F)c(C)c2F)ccc1F. The monoisotopic (exact) mass is 299 g/mol. The topological polar surface area (TPSA) is 21.3 Å². The Morgan fingerprint density at radius 3 is 2.45 bits per heavy atom. The van der Waals surface area contributed by atoms with Crippen LogP contribution in [0.3, 0.4) is 0 Å². The number of hydrogen-bond acceptors (Lipinski definition) is 3. The van der Waals surface area contributed by atoms with Crippen molar-refractivity contribution in [2.24, 2.45) is 0 Å². The van der Waals surface area contributed by atoms with Gasteiger partial charge in [0.05, 0.1) is 12.8 Å². The lowest BCUT2D eigenvalue weighted by atomic mass is 10.2. The number of benzene rings is 2. The zero-order valence-electron chi connectivity index (χ0n) is 10.8. The van der Waals surface area contributed by atoms with Crippen molar-refractivity contribution in [3.63, 3.8) is 0 Å². The average Bonchev–Trinajstić information content (AvgIpc) is 2.45. The Morgan fingerprint density at radius 2 is 1.75 bits per heavy atom. The maximum Gasteiger partial charge on any atom is 0.165 e. The molecule has 6 heteroatoms. The van der Waals surface area contributed by atoms with Crippen LogP contribution in [-0.4, -0.2) is 7.11 Å². The molecule has 106 valence electrons. The van der Waals surface area contributed by atoms with Crippen molar-refractivity contribution >= 4 is 17.6 Å². The molecule has 0 aromatic heterocycles. The molecule has 20 heavy (non-hydrogen) atoms. The standard InChI is InChI=1S/C14H12F3NOS/c1-8-10(15)5-6-12(14(8)17)18-20-9-3-4-11(16)13(7-9)19-2/h3-7,18H,1-2H3. The van der Waals surface area contributed by atoms with Crippen LogP contribution in [0.25, 0.3) is 0 Å². The number of hydrogen-bond donors (Lipinski definition) is 1. The van der Waals surface area contributed by atoms with Crippen LogP contribution in [0.2, 0.25) is 0 Å². The van der Waals surface area contributed by atoms with Crippen molar-refractivity contribution < 1.29 is 17.9 Å². The predicted octanol–water partition coefficient (Wildman–Crippen LogP) is 4.54. The van der Waals surface area contributed by atoms with Gasteiger partial charge in [0.25, 0.3) is 0 Å². The molecule has 2 aromatic rings. The van der Waals surface area contributed by atoms with Crippen LogP contribution in [0.4, 0.5) is 18.9 Å². The van der Waals surface area contributed by atoms with E-state index in [1.54, 1.807) is 0 Å². The van der Waals surface area contributed by atoms with Gasteiger partial charge in [-0.3, -0.25) is 0 Å². The van der Waals surface area contributed by atoms with Crippen molar-refractivity contribution in [3.8, 4) is 5.75 Å². The summed E-state index contributed by atoms with van der Waals surface area (Å²) in [5.41, 5.74) is 0.115. The Balaban J connectivity index is 2.15. The van der Waals surface area contributed by atoms with Gasteiger partial charge in [-0.05, 0) is 49.2 Å². The van der Waals surface area contributed by atoms with Crippen LogP contribution in [0.15, 0.2) is 35.2 Å². The molecular formula is C14H12F3NOS. The fourth-order valence-corrected chi connectivity index (χ4v) is 2.25. The second-order valence-corrected chi connectivity index (χ2v) is 4.91. The number of methoxy groups -OCH3 is 1. The summed E-state index contributed by atoms with van der Waals surface area (Å²) in [6.45, 7) is 1.36. The highest BCUT2D eigenvalue weighted by molar-refractivity contribution is 8.00. The number of ether oxygens (including phenoxy) is 1. The summed E-state index contributed by atoms with van der Waals surface area (Å²) >= 11 is 1.08. The lowest BCUT2D eigenvalue weighted by Gasteiger charge is -2.10. The minimum atomic E-state index is -0.647. The first-order valence-corrected chi connectivity index (χ1v) is 6.55. The molecule has 0 saturated heterocycles. The fraction of sp³-hybridized carbons (Fsp3) is 0.143. The lowest BCUT2D eigenvalue weighted by molar-refractivity contribution is 0.385. The third-order valence-corrected chi connectivity index (χ3v) is 3.53. The van der Waals surface area contributed by atoms with Crippen LogP contribution >= 0.6 is 11.9 Å². The summed E-state index contributed by atoms with van der Waals surface area (Å²) in [4.78, 5) is 0.643. The molecule has 0 amide bonds. The third-order valence-electron chi connectivity index (χ3n) is 2.72. The highest BCUT2D eigenvalue weighted by Gasteiger charge is 2.10. The normalized spacial score (nSPS) is 10.4. The van der Waals surface area contributed by atoms with E-state index >= 15 is 0 Å². The molecule has 0 unspecified atom stereocenters. The molecule has 0 radical (unpaired) electrons. The van der Waals surface area contributed by atoms with Gasteiger partial charge < -0.3 is 9.46 Å². The second-order valence-electron chi connectivity index (χ2n) is 4.03. The first-order valence-electron chi connectivity index (χ1n) is 5.74. The Morgan fingerprint density at radius 1 is 1.05 bits per heavy atom. The molecule has 1 N–H and O–H groups in total. The van der Waals surface area contributed by atoms with Gasteiger partial charge in [0.15, 0.2) is 17.4 Å². The van der Waals surface area contributed by atoms with E-state index in [1.165, 1.54) is 44.4 Å². The van der Waals surface area contributed by atoms with Gasteiger partial charge >= 0.3 is 0 Å². The molecule has 2 aromatic carbocycles. The number of halogens is 3. The molecule has 0 fully saturated rings. The highest BCUT2D eigenvalue weighted by Crippen LogP contribution is 2.29. The van der Waals surface area contributed by atoms with Gasteiger partial charge in [-0.2, -0.15) is 0 Å². The highest BCUT2D eigenvalue weighted by atomic mass is 32.2. The summed E-state index contributed by atoms with van der Waals surface area (Å²) < 4.78 is 47.8. The van der Waals surface area contributed by atoms with Crippen LogP contribution in [0.5, 0.6) is 5.75 Å². The van der Waals surface area contributed by atoms with Gasteiger partial charge in [-0.1, -0.05) is 0 Å². The van der Waals surface area contributed by atoms with E-state index < -0.39 is 17.5 Å². The number of nitrogens with one attached hydrogen (secondary N) is 1. The van der Waals surface area contributed by atoms with Crippen molar-refractivity contribution in [2.75, 3.05) is 11.8 Å². The van der Waals surface area contributed by atoms with Gasteiger partial charge in [0, 0.05) is 10.5 Å². The minimum absolute atomic E-state index is 0.0488. The minimum Gasteiger partial charge on any atom is -0.494 e. The zero-order valence-corrected chi connectivity index (χ0v) is 11.7. The maximum absolute atomic E-state index is 13.8. The summed E-state index contributed by atoms with van der Waals surface area (Å²) in [7, 11) is 1.36. The molecule has 0 aliphatic rings. The van der Waals surface area contributed by atoms with Crippen molar-refractivity contribution in [1.29, 1.82) is 0 Å². The summed E-state index contributed by atoms with van der Waals surface area (Å²) in [6, 6.07) is 6.78. The molecule has 0 spiro atoms. The predicted molar refractivity (Wildman–Crippen MR) is 73.5 cm³/mol. The second kappa shape index (κ2) is 6.09. The number of anilines is 1. The van der Waals surface area contributed by atoms with E-state index in [-0.39, 0.29) is 17.0 Å². The van der Waals surface area contributed by atoms with Crippen LogP contribution in [-0.2, 0) is 0 Å². The van der Waals surface area contributed by atoms with Gasteiger partial charge in [0.1, 0.15) is 5.82 Å². The van der Waals surface area contributed by atoms with Gasteiger partial charge in [-0.15, -0.1) is 0 Å². The Bertz CT molecular complexity index is 634. The largest absolute Gasteiger partial charge is 0.494 e. The quantitative estimate of drug-likeness (QED) is 0.837. The zero-order chi connectivity index (χ0) is 14.7. The van der Waals surface area contributed by atoms with E-state index in [4.69, 9.17) is 4.74 Å². The molecule has 2 rings (SSSR count). The Hall–Kier alpha value is -1.82. The van der Waals surface area contributed by atoms with Crippen LogP contribution in [0, 0.1) is 24.4 Å². The van der Waals surface area contributed by atoms with Crippen molar-refractivity contribution in [2.45, 2.75) is 11.8 Å². The molecule has 0 atom stereocenters. The Labute approximate surface area is 119 Å². The average molecular weight is 299 g/mol. The van der Waals surface area contributed by atoms with Crippen LogP contribution < -0.4 is 9.46 Å². The first-order chi connectivity index (χ1) is 9.52. The summed E-state index contributed by atoms with van der Waals surface area (Å²) in [6.07, 6.45) is 0. The Kier molecular flexibility index (Phi) is 4.44. The van der Waals surface area contributed by atoms with E-state index in [0.717, 1.165) is 11.9 Å². The molecule has 0 aliphatic heterocycles. The van der Waals surface area contributed by atoms with E-state index in [0.29, 0.717) is 4.90 Å². The number of rotatable bonds is 4. The smallest absolute Gasteiger partial charge is 0.165 e. The first kappa shape index (κ1) is 14.6. The molecular weight excluding hydrogens is 287 g/mol. The summed E-state index contributed by atoms with van der Waals surface area (Å²) in [5.74, 6) is -1.61. The lowest BCUT2D eigenvalue weighted by Crippen LogP contribution is -1.96.